The summed E-state index contributed by atoms with van der Waals surface area (Å²) in [6.45, 7) is 3.65. The van der Waals surface area contributed by atoms with Crippen LogP contribution in [0.5, 0.6) is 0 Å². The molecule has 0 bridgehead atoms. The highest BCUT2D eigenvalue weighted by Crippen LogP contribution is 2.16. The third-order valence-electron chi connectivity index (χ3n) is 2.81. The molecule has 0 aliphatic heterocycles. The number of hydrogen-bond donors (Lipinski definition) is 2. The second-order valence-electron chi connectivity index (χ2n) is 4.31. The third-order valence-corrected chi connectivity index (χ3v) is 5.75. The molecule has 1 aromatic rings. The molecule has 0 spiro atoms. The zero-order chi connectivity index (χ0) is 14.6. The molecule has 1 heterocycles. The Kier molecular flexibility index (Phi) is 5.48. The van der Waals surface area contributed by atoms with Gasteiger partial charge in [-0.05, 0) is 25.3 Å². The van der Waals surface area contributed by atoms with Gasteiger partial charge in [-0.1, -0.05) is 6.07 Å². The van der Waals surface area contributed by atoms with Crippen molar-refractivity contribution in [2.45, 2.75) is 30.1 Å². The highest BCUT2D eigenvalue weighted by molar-refractivity contribution is 7.91. The van der Waals surface area contributed by atoms with Gasteiger partial charge in [0.2, 0.25) is 5.91 Å². The first-order valence-corrected chi connectivity index (χ1v) is 8.18. The highest BCUT2D eigenvalue weighted by Gasteiger charge is 2.26. The van der Waals surface area contributed by atoms with Crippen molar-refractivity contribution in [2.24, 2.45) is 5.73 Å². The maximum Gasteiger partial charge on any atom is 0.250 e. The van der Waals surface area contributed by atoms with Crippen molar-refractivity contribution in [3.8, 4) is 0 Å². The van der Waals surface area contributed by atoms with Gasteiger partial charge >= 0.3 is 0 Å². The molecule has 19 heavy (non-hydrogen) atoms. The van der Waals surface area contributed by atoms with Crippen LogP contribution in [0.15, 0.2) is 21.7 Å². The number of likely N-dealkylation sites (N-methyl/N-ethyl adjacent to an activating group) is 1. The van der Waals surface area contributed by atoms with Crippen molar-refractivity contribution in [3.05, 3.63) is 17.5 Å². The fourth-order valence-corrected chi connectivity index (χ4v) is 3.64. The number of nitrogens with one attached hydrogen (secondary N) is 1. The number of nitrogens with zero attached hydrogens (tertiary/aromatic N) is 1. The maximum atomic E-state index is 12.0. The van der Waals surface area contributed by atoms with Crippen molar-refractivity contribution in [2.75, 3.05) is 13.6 Å². The van der Waals surface area contributed by atoms with E-state index in [0.29, 0.717) is 6.54 Å². The van der Waals surface area contributed by atoms with Gasteiger partial charge in [0.05, 0.1) is 6.04 Å². The van der Waals surface area contributed by atoms with Crippen LogP contribution in [0.1, 0.15) is 13.8 Å². The van der Waals surface area contributed by atoms with Crippen molar-refractivity contribution in [1.82, 2.24) is 9.62 Å². The molecule has 1 rings (SSSR count). The first-order chi connectivity index (χ1) is 8.79. The molecule has 1 aromatic heterocycles. The van der Waals surface area contributed by atoms with Crippen molar-refractivity contribution in [3.63, 3.8) is 0 Å². The number of thiophene rings is 1. The summed E-state index contributed by atoms with van der Waals surface area (Å²) in [6, 6.07) is 2.18. The van der Waals surface area contributed by atoms with Gasteiger partial charge in [0.1, 0.15) is 4.21 Å². The number of hydrogen-bond acceptors (Lipinski definition) is 5. The molecule has 2 atom stereocenters. The van der Waals surface area contributed by atoms with E-state index in [2.05, 4.69) is 4.72 Å². The summed E-state index contributed by atoms with van der Waals surface area (Å²) in [6.07, 6.45) is 0. The molecule has 0 aliphatic rings. The number of rotatable bonds is 6. The monoisotopic (exact) mass is 305 g/mol. The van der Waals surface area contributed by atoms with Crippen LogP contribution in [0, 0.1) is 0 Å². The summed E-state index contributed by atoms with van der Waals surface area (Å²) in [4.78, 5) is 13.5. The predicted octanol–water partition coefficient (Wildman–Crippen LogP) is 0.221. The summed E-state index contributed by atoms with van der Waals surface area (Å²) in [7, 11) is -2.03. The van der Waals surface area contributed by atoms with Crippen LogP contribution in [0.3, 0.4) is 0 Å². The number of amides is 1. The lowest BCUT2D eigenvalue weighted by Gasteiger charge is -2.26. The van der Waals surface area contributed by atoms with E-state index >= 15 is 0 Å². The molecule has 0 fully saturated rings. The number of carbonyl (C=O) groups is 1. The Bertz CT molecular complexity index is 513. The summed E-state index contributed by atoms with van der Waals surface area (Å²) < 4.78 is 26.5. The molecular formula is C11H19N3O3S2. The molecule has 0 radical (unpaired) electrons. The summed E-state index contributed by atoms with van der Waals surface area (Å²) in [5, 5.41) is 1.67. The third kappa shape index (κ3) is 4.00. The normalized spacial score (nSPS) is 14.9. The lowest BCUT2D eigenvalue weighted by molar-refractivity contribution is -0.132. The quantitative estimate of drug-likeness (QED) is 0.786. The lowest BCUT2D eigenvalue weighted by atomic mass is 10.2. The molecule has 0 saturated heterocycles. The van der Waals surface area contributed by atoms with Gasteiger partial charge in [-0.2, -0.15) is 4.72 Å². The summed E-state index contributed by atoms with van der Waals surface area (Å²) in [5.74, 6) is -0.307. The van der Waals surface area contributed by atoms with Gasteiger partial charge in [-0.3, -0.25) is 4.79 Å². The minimum Gasteiger partial charge on any atom is -0.340 e. The first kappa shape index (κ1) is 16.1. The fourth-order valence-electron chi connectivity index (χ4n) is 1.44. The molecular weight excluding hydrogens is 286 g/mol. The van der Waals surface area contributed by atoms with Crippen molar-refractivity contribution < 1.29 is 13.2 Å². The zero-order valence-corrected chi connectivity index (χ0v) is 12.8. The molecule has 108 valence electrons. The van der Waals surface area contributed by atoms with Crippen molar-refractivity contribution in [1.29, 1.82) is 0 Å². The van der Waals surface area contributed by atoms with E-state index in [1.807, 2.05) is 0 Å². The van der Waals surface area contributed by atoms with E-state index in [4.69, 9.17) is 5.73 Å². The van der Waals surface area contributed by atoms with Crippen LogP contribution in [0.2, 0.25) is 0 Å². The van der Waals surface area contributed by atoms with E-state index in [1.54, 1.807) is 25.4 Å². The molecule has 2 unspecified atom stereocenters. The number of carbonyl (C=O) groups excluding carboxylic acids is 1. The summed E-state index contributed by atoms with van der Waals surface area (Å²) >= 11 is 1.11. The van der Waals surface area contributed by atoms with Crippen LogP contribution < -0.4 is 10.5 Å². The second-order valence-corrected chi connectivity index (χ2v) is 7.20. The van der Waals surface area contributed by atoms with Crippen LogP contribution >= 0.6 is 11.3 Å². The predicted molar refractivity (Wildman–Crippen MR) is 75.4 cm³/mol. The molecule has 0 saturated carbocycles. The van der Waals surface area contributed by atoms with E-state index in [9.17, 15) is 13.2 Å². The Balaban J connectivity index is 2.75. The van der Waals surface area contributed by atoms with Gasteiger partial charge in [0.15, 0.2) is 0 Å². The van der Waals surface area contributed by atoms with E-state index in [-0.39, 0.29) is 16.2 Å². The van der Waals surface area contributed by atoms with Gasteiger partial charge in [-0.15, -0.1) is 11.3 Å². The van der Waals surface area contributed by atoms with E-state index in [0.717, 1.165) is 11.3 Å². The second kappa shape index (κ2) is 6.47. The fraction of sp³-hybridized carbons (Fsp3) is 0.545. The average molecular weight is 305 g/mol. The zero-order valence-electron chi connectivity index (χ0n) is 11.2. The smallest absolute Gasteiger partial charge is 0.250 e. The van der Waals surface area contributed by atoms with E-state index in [1.165, 1.54) is 17.9 Å². The number of nitrogens with two attached hydrogens (primary N) is 1. The Morgan fingerprint density at radius 3 is 2.63 bits per heavy atom. The van der Waals surface area contributed by atoms with Crippen LogP contribution in [-0.2, 0) is 14.8 Å². The lowest BCUT2D eigenvalue weighted by Crippen LogP contribution is -2.49. The standard InChI is InChI=1S/C11H19N3O3S2/c1-8(7-12)14(3)11(15)9(2)13-19(16,17)10-5-4-6-18-10/h4-6,8-9,13H,7,12H2,1-3H3. The SMILES string of the molecule is CC(NS(=O)(=O)c1cccs1)C(=O)N(C)C(C)CN. The van der Waals surface area contributed by atoms with Gasteiger partial charge in [0, 0.05) is 19.6 Å². The summed E-state index contributed by atoms with van der Waals surface area (Å²) in [5.41, 5.74) is 5.48. The molecule has 0 aliphatic carbocycles. The van der Waals surface area contributed by atoms with Crippen LogP contribution in [0.4, 0.5) is 0 Å². The Labute approximate surface area is 117 Å². The Morgan fingerprint density at radius 2 is 2.16 bits per heavy atom. The Morgan fingerprint density at radius 1 is 1.53 bits per heavy atom. The highest BCUT2D eigenvalue weighted by atomic mass is 32.2. The van der Waals surface area contributed by atoms with Gasteiger partial charge in [-0.25, -0.2) is 8.42 Å². The number of sulfonamides is 1. The van der Waals surface area contributed by atoms with Crippen LogP contribution in [0.25, 0.3) is 0 Å². The molecule has 3 N–H and O–H groups in total. The van der Waals surface area contributed by atoms with Gasteiger partial charge in [0.25, 0.3) is 10.0 Å². The van der Waals surface area contributed by atoms with Gasteiger partial charge < -0.3 is 10.6 Å². The van der Waals surface area contributed by atoms with E-state index < -0.39 is 16.1 Å². The average Bonchev–Trinajstić information content (AvgIpc) is 2.90. The molecule has 1 amide bonds. The molecule has 8 heteroatoms. The minimum absolute atomic E-state index is 0.138. The minimum atomic E-state index is -3.64. The van der Waals surface area contributed by atoms with Crippen molar-refractivity contribution >= 4 is 27.3 Å². The molecule has 0 aromatic carbocycles. The Hall–Kier alpha value is -0.960. The topological polar surface area (TPSA) is 92.5 Å². The largest absolute Gasteiger partial charge is 0.340 e. The maximum absolute atomic E-state index is 12.0. The first-order valence-electron chi connectivity index (χ1n) is 5.82. The van der Waals surface area contributed by atoms with Crippen LogP contribution in [-0.4, -0.2) is 44.9 Å². The molecule has 6 nitrogen and oxygen atoms in total.